The van der Waals surface area contributed by atoms with E-state index in [0.717, 1.165) is 23.2 Å². The van der Waals surface area contributed by atoms with E-state index in [9.17, 15) is 0 Å². The molecule has 5 nitrogen and oxygen atoms in total. The smallest absolute Gasteiger partial charge is 0.0573 e. The summed E-state index contributed by atoms with van der Waals surface area (Å²) < 4.78 is 1.07. The maximum atomic E-state index is 5.68. The van der Waals surface area contributed by atoms with Crippen LogP contribution in [-0.2, 0) is 0 Å². The van der Waals surface area contributed by atoms with Gasteiger partial charge in [-0.2, -0.15) is 0 Å². The van der Waals surface area contributed by atoms with Crippen LogP contribution in [-0.4, -0.2) is 36.1 Å². The highest BCUT2D eigenvalue weighted by Gasteiger charge is 2.11. The highest BCUT2D eigenvalue weighted by atomic mass is 79.9. The number of pyridine rings is 2. The monoisotopic (exact) mass is 417 g/mol. The SMILES string of the molecule is Brc1cncc(N2CCCCC2)c1.Nc1cncc(N2CCCCC2)c1. The Balaban J connectivity index is 0.000000151. The molecule has 2 fully saturated rings. The van der Waals surface area contributed by atoms with Gasteiger partial charge in [-0.15, -0.1) is 0 Å². The predicted octanol–water partition coefficient (Wildman–Crippen LogP) is 4.49. The van der Waals surface area contributed by atoms with Crippen molar-refractivity contribution in [1.29, 1.82) is 0 Å². The molecule has 140 valence electrons. The van der Waals surface area contributed by atoms with Crippen LogP contribution in [0, 0.1) is 0 Å². The van der Waals surface area contributed by atoms with E-state index in [4.69, 9.17) is 5.73 Å². The molecule has 6 heteroatoms. The molecule has 2 aromatic heterocycles. The van der Waals surface area contributed by atoms with E-state index in [-0.39, 0.29) is 0 Å². The zero-order valence-corrected chi connectivity index (χ0v) is 16.9. The van der Waals surface area contributed by atoms with Crippen molar-refractivity contribution in [1.82, 2.24) is 9.97 Å². The van der Waals surface area contributed by atoms with Gasteiger partial charge in [-0.3, -0.25) is 9.97 Å². The molecule has 0 radical (unpaired) electrons. The van der Waals surface area contributed by atoms with Gasteiger partial charge < -0.3 is 15.5 Å². The van der Waals surface area contributed by atoms with Crippen molar-refractivity contribution in [3.8, 4) is 0 Å². The topological polar surface area (TPSA) is 58.3 Å². The number of nitrogens with two attached hydrogens (primary N) is 1. The van der Waals surface area contributed by atoms with Crippen LogP contribution in [0.2, 0.25) is 0 Å². The van der Waals surface area contributed by atoms with Crippen LogP contribution in [0.4, 0.5) is 17.1 Å². The molecule has 2 saturated heterocycles. The number of piperidine rings is 2. The number of nitrogens with zero attached hydrogens (tertiary/aromatic N) is 4. The first kappa shape index (κ1) is 19.0. The minimum atomic E-state index is 0.753. The van der Waals surface area contributed by atoms with Gasteiger partial charge in [0.05, 0.1) is 29.5 Å². The van der Waals surface area contributed by atoms with Crippen LogP contribution in [0.25, 0.3) is 0 Å². The lowest BCUT2D eigenvalue weighted by Gasteiger charge is -2.28. The number of rotatable bonds is 2. The maximum Gasteiger partial charge on any atom is 0.0573 e. The number of hydrogen-bond donors (Lipinski definition) is 1. The van der Waals surface area contributed by atoms with Crippen molar-refractivity contribution in [3.05, 3.63) is 41.4 Å². The van der Waals surface area contributed by atoms with E-state index in [1.54, 1.807) is 6.20 Å². The van der Waals surface area contributed by atoms with Crippen molar-refractivity contribution in [2.75, 3.05) is 41.7 Å². The Kier molecular flexibility index (Phi) is 7.12. The average Bonchev–Trinajstić information content (AvgIpc) is 2.70. The number of aromatic nitrogens is 2. The van der Waals surface area contributed by atoms with Crippen LogP contribution >= 0.6 is 15.9 Å². The highest BCUT2D eigenvalue weighted by Crippen LogP contribution is 2.22. The van der Waals surface area contributed by atoms with Crippen molar-refractivity contribution in [2.24, 2.45) is 0 Å². The summed E-state index contributed by atoms with van der Waals surface area (Å²) in [6, 6.07) is 4.14. The van der Waals surface area contributed by atoms with E-state index in [1.807, 2.05) is 24.7 Å². The third-order valence-corrected chi connectivity index (χ3v) is 5.31. The lowest BCUT2D eigenvalue weighted by molar-refractivity contribution is 0.577. The highest BCUT2D eigenvalue weighted by molar-refractivity contribution is 9.10. The van der Waals surface area contributed by atoms with E-state index < -0.39 is 0 Å². The molecule has 0 atom stereocenters. The molecule has 2 aliphatic rings. The Hall–Kier alpha value is -1.82. The van der Waals surface area contributed by atoms with Gasteiger partial charge in [0.15, 0.2) is 0 Å². The Morgan fingerprint density at radius 3 is 1.69 bits per heavy atom. The number of hydrogen-bond acceptors (Lipinski definition) is 5. The first-order valence-electron chi connectivity index (χ1n) is 9.53. The molecule has 26 heavy (non-hydrogen) atoms. The first-order valence-corrected chi connectivity index (χ1v) is 10.3. The summed E-state index contributed by atoms with van der Waals surface area (Å²) in [6.07, 6.45) is 15.3. The summed E-state index contributed by atoms with van der Waals surface area (Å²) in [5.41, 5.74) is 8.84. The molecule has 0 spiro atoms. The van der Waals surface area contributed by atoms with Gasteiger partial charge in [0.2, 0.25) is 0 Å². The fraction of sp³-hybridized carbons (Fsp3) is 0.500. The molecular weight excluding hydrogens is 390 g/mol. The molecule has 4 rings (SSSR count). The van der Waals surface area contributed by atoms with Gasteiger partial charge in [0, 0.05) is 43.0 Å². The van der Waals surface area contributed by atoms with Crippen LogP contribution in [0.3, 0.4) is 0 Å². The van der Waals surface area contributed by atoms with E-state index >= 15 is 0 Å². The van der Waals surface area contributed by atoms with Crippen LogP contribution in [0.15, 0.2) is 41.4 Å². The van der Waals surface area contributed by atoms with Gasteiger partial charge in [0.25, 0.3) is 0 Å². The van der Waals surface area contributed by atoms with Gasteiger partial charge in [-0.1, -0.05) is 0 Å². The molecule has 0 aromatic carbocycles. The zero-order chi connectivity index (χ0) is 18.2. The number of halogens is 1. The summed E-state index contributed by atoms with van der Waals surface area (Å²) >= 11 is 3.44. The summed E-state index contributed by atoms with van der Waals surface area (Å²) in [6.45, 7) is 4.65. The van der Waals surface area contributed by atoms with Crippen LogP contribution in [0.1, 0.15) is 38.5 Å². The van der Waals surface area contributed by atoms with E-state index in [2.05, 4.69) is 41.8 Å². The zero-order valence-electron chi connectivity index (χ0n) is 15.3. The van der Waals surface area contributed by atoms with E-state index in [1.165, 1.54) is 63.0 Å². The Morgan fingerprint density at radius 1 is 0.692 bits per heavy atom. The molecule has 0 saturated carbocycles. The fourth-order valence-electron chi connectivity index (χ4n) is 3.50. The summed E-state index contributed by atoms with van der Waals surface area (Å²) in [7, 11) is 0. The first-order chi connectivity index (χ1) is 12.7. The molecule has 0 bridgehead atoms. The minimum Gasteiger partial charge on any atom is -0.397 e. The van der Waals surface area contributed by atoms with Crippen molar-refractivity contribution in [2.45, 2.75) is 38.5 Å². The predicted molar refractivity (Wildman–Crippen MR) is 113 cm³/mol. The van der Waals surface area contributed by atoms with Gasteiger partial charge in [-0.05, 0) is 66.6 Å². The lowest BCUT2D eigenvalue weighted by Crippen LogP contribution is -2.29. The summed E-state index contributed by atoms with van der Waals surface area (Å²) in [5, 5.41) is 0. The average molecular weight is 418 g/mol. The third-order valence-electron chi connectivity index (χ3n) is 4.88. The maximum absolute atomic E-state index is 5.68. The Bertz CT molecular complexity index is 622. The van der Waals surface area contributed by atoms with Crippen molar-refractivity contribution in [3.63, 3.8) is 0 Å². The summed E-state index contributed by atoms with van der Waals surface area (Å²) in [4.78, 5) is 13.0. The Morgan fingerprint density at radius 2 is 1.19 bits per heavy atom. The van der Waals surface area contributed by atoms with Crippen molar-refractivity contribution < 1.29 is 0 Å². The number of nitrogen functional groups attached to an aromatic ring is 1. The molecular formula is C20H28BrN5. The second kappa shape index (κ2) is 9.76. The van der Waals surface area contributed by atoms with Crippen LogP contribution < -0.4 is 15.5 Å². The quantitative estimate of drug-likeness (QED) is 0.779. The van der Waals surface area contributed by atoms with Crippen molar-refractivity contribution >= 4 is 33.0 Å². The number of anilines is 3. The van der Waals surface area contributed by atoms with Gasteiger partial charge in [0.1, 0.15) is 0 Å². The molecule has 2 aromatic rings. The Labute approximate surface area is 164 Å². The third kappa shape index (κ3) is 5.59. The molecule has 2 aliphatic heterocycles. The fourth-order valence-corrected chi connectivity index (χ4v) is 3.85. The molecule has 4 heterocycles. The second-order valence-electron chi connectivity index (χ2n) is 6.93. The largest absolute Gasteiger partial charge is 0.397 e. The molecule has 0 amide bonds. The molecule has 2 N–H and O–H groups in total. The lowest BCUT2D eigenvalue weighted by atomic mass is 10.1. The normalized spacial score (nSPS) is 17.4. The standard InChI is InChI=1S/C10H13BrN2.C10H15N3/c2*11-9-6-10(8-12-7-9)13-4-2-1-3-5-13/h6-8H,1-5H2;6-8H,1-5,11H2. The minimum absolute atomic E-state index is 0.753. The second-order valence-corrected chi connectivity index (χ2v) is 7.85. The van der Waals surface area contributed by atoms with Gasteiger partial charge >= 0.3 is 0 Å². The van der Waals surface area contributed by atoms with E-state index in [0.29, 0.717) is 0 Å². The molecule has 0 aliphatic carbocycles. The van der Waals surface area contributed by atoms with Gasteiger partial charge in [-0.25, -0.2) is 0 Å². The molecule has 0 unspecified atom stereocenters. The van der Waals surface area contributed by atoms with Crippen LogP contribution in [0.5, 0.6) is 0 Å². The summed E-state index contributed by atoms with van der Waals surface area (Å²) in [5.74, 6) is 0.